The number of aliphatic hydroxyl groups is 1. The van der Waals surface area contributed by atoms with Crippen molar-refractivity contribution in [3.05, 3.63) is 36.0 Å². The third-order valence-corrected chi connectivity index (χ3v) is 8.90. The van der Waals surface area contributed by atoms with Crippen molar-refractivity contribution in [3.8, 4) is 11.3 Å². The first-order chi connectivity index (χ1) is 18.0. The van der Waals surface area contributed by atoms with Gasteiger partial charge in [-0.15, -0.1) is 0 Å². The number of piperazine rings is 1. The molecule has 8 heteroatoms. The van der Waals surface area contributed by atoms with E-state index in [0.717, 1.165) is 80.7 Å². The molecule has 6 rings (SSSR count). The molecule has 3 aliphatic rings. The summed E-state index contributed by atoms with van der Waals surface area (Å²) in [4.78, 5) is 14.6. The van der Waals surface area contributed by atoms with Gasteiger partial charge in [0.2, 0.25) is 5.95 Å². The van der Waals surface area contributed by atoms with Crippen molar-refractivity contribution >= 4 is 17.0 Å². The lowest BCUT2D eigenvalue weighted by Crippen LogP contribution is -2.43. The Morgan fingerprint density at radius 3 is 2.41 bits per heavy atom. The molecule has 3 aromatic rings. The zero-order chi connectivity index (χ0) is 25.4. The average molecular weight is 504 g/mol. The molecule has 3 fully saturated rings. The molecule has 0 bridgehead atoms. The van der Waals surface area contributed by atoms with E-state index >= 15 is 0 Å². The van der Waals surface area contributed by atoms with E-state index in [9.17, 15) is 5.11 Å². The topological polar surface area (TPSA) is 82.3 Å². The van der Waals surface area contributed by atoms with Crippen molar-refractivity contribution in [2.45, 2.75) is 76.6 Å². The molecule has 198 valence electrons. The maximum atomic E-state index is 10.1. The third kappa shape index (κ3) is 5.38. The van der Waals surface area contributed by atoms with Crippen LogP contribution in [0.1, 0.15) is 63.5 Å². The highest BCUT2D eigenvalue weighted by Crippen LogP contribution is 2.35. The number of nitrogens with one attached hydrogen (secondary N) is 1. The molecule has 2 aliphatic carbocycles. The number of aromatic nitrogens is 4. The van der Waals surface area contributed by atoms with Gasteiger partial charge in [-0.2, -0.15) is 10.1 Å². The number of benzene rings is 1. The molecule has 2 saturated carbocycles. The largest absolute Gasteiger partial charge is 0.393 e. The van der Waals surface area contributed by atoms with E-state index in [1.165, 1.54) is 24.8 Å². The lowest BCUT2D eigenvalue weighted by atomic mass is 9.80. The molecule has 0 amide bonds. The lowest BCUT2D eigenvalue weighted by Gasteiger charge is -2.32. The Bertz CT molecular complexity index is 1190. The van der Waals surface area contributed by atoms with Gasteiger partial charge in [0.25, 0.3) is 0 Å². The third-order valence-electron chi connectivity index (χ3n) is 8.90. The van der Waals surface area contributed by atoms with Crippen LogP contribution in [-0.2, 0) is 6.54 Å². The zero-order valence-corrected chi connectivity index (χ0v) is 22.3. The van der Waals surface area contributed by atoms with Crippen LogP contribution in [-0.4, -0.2) is 80.0 Å². The van der Waals surface area contributed by atoms with E-state index in [4.69, 9.17) is 15.1 Å². The van der Waals surface area contributed by atoms with Crippen LogP contribution in [0.4, 0.5) is 5.95 Å². The molecule has 1 atom stereocenters. The van der Waals surface area contributed by atoms with Gasteiger partial charge < -0.3 is 15.3 Å². The predicted octanol–water partition coefficient (Wildman–Crippen LogP) is 4.32. The summed E-state index contributed by atoms with van der Waals surface area (Å²) in [5.41, 5.74) is 4.29. The van der Waals surface area contributed by atoms with Crippen LogP contribution in [0.15, 0.2) is 30.5 Å². The lowest BCUT2D eigenvalue weighted by molar-refractivity contribution is 0.109. The maximum Gasteiger partial charge on any atom is 0.224 e. The normalized spacial score (nSPS) is 24.7. The summed E-state index contributed by atoms with van der Waals surface area (Å²) in [5, 5.41) is 19.8. The predicted molar refractivity (Wildman–Crippen MR) is 147 cm³/mol. The maximum absolute atomic E-state index is 10.1. The Morgan fingerprint density at radius 2 is 1.73 bits per heavy atom. The number of nitrogens with zero attached hydrogens (tertiary/aromatic N) is 6. The monoisotopic (exact) mass is 503 g/mol. The fourth-order valence-electron chi connectivity index (χ4n) is 6.06. The zero-order valence-electron chi connectivity index (χ0n) is 22.3. The van der Waals surface area contributed by atoms with Crippen LogP contribution in [0.25, 0.3) is 22.3 Å². The van der Waals surface area contributed by atoms with Gasteiger partial charge in [0.05, 0.1) is 17.5 Å². The summed E-state index contributed by atoms with van der Waals surface area (Å²) in [6, 6.07) is 9.52. The second kappa shape index (κ2) is 10.7. The summed E-state index contributed by atoms with van der Waals surface area (Å²) in [6.45, 7) is 7.75. The number of rotatable bonds is 7. The number of aliphatic hydroxyl groups excluding tert-OH is 1. The number of fused-ring (bicyclic) bond motifs is 1. The molecule has 2 N–H and O–H groups in total. The van der Waals surface area contributed by atoms with E-state index in [0.29, 0.717) is 17.9 Å². The molecular weight excluding hydrogens is 462 g/mol. The Kier molecular flexibility index (Phi) is 7.14. The molecular formula is C29H41N7O. The Balaban J connectivity index is 1.28. The van der Waals surface area contributed by atoms with Gasteiger partial charge in [-0.1, -0.05) is 30.7 Å². The standard InChI is InChI=1S/C29H41N7O/c1-20(22-4-3-5-22)31-29-30-18-26-27(33-36(28(26)32-29)24-10-12-25(37)13-11-24)23-8-6-21(7-9-23)19-35-16-14-34(2)15-17-35/h6-9,18,20,22,24-25,37H,3-5,10-17,19H2,1-2H3,(H,30,31,32)/t20-,24?,25?/m0/s1. The Labute approximate surface area is 220 Å². The minimum atomic E-state index is -0.194. The number of likely N-dealkylation sites (N-methyl/N-ethyl adjacent to an activating group) is 1. The minimum Gasteiger partial charge on any atom is -0.393 e. The Morgan fingerprint density at radius 1 is 1.00 bits per heavy atom. The number of hydrogen-bond donors (Lipinski definition) is 2. The van der Waals surface area contributed by atoms with E-state index in [-0.39, 0.29) is 12.1 Å². The number of anilines is 1. The molecule has 0 unspecified atom stereocenters. The highest BCUT2D eigenvalue weighted by atomic mass is 16.3. The van der Waals surface area contributed by atoms with Crippen molar-refractivity contribution < 1.29 is 5.11 Å². The summed E-state index contributed by atoms with van der Waals surface area (Å²) >= 11 is 0. The second-order valence-electron chi connectivity index (χ2n) is 11.6. The van der Waals surface area contributed by atoms with Gasteiger partial charge in [-0.25, -0.2) is 9.67 Å². The highest BCUT2D eigenvalue weighted by Gasteiger charge is 2.27. The molecule has 0 spiro atoms. The van der Waals surface area contributed by atoms with Crippen molar-refractivity contribution in [1.29, 1.82) is 0 Å². The molecule has 37 heavy (non-hydrogen) atoms. The van der Waals surface area contributed by atoms with Gasteiger partial charge in [0.1, 0.15) is 5.69 Å². The fourth-order valence-corrected chi connectivity index (χ4v) is 6.06. The molecule has 1 aliphatic heterocycles. The van der Waals surface area contributed by atoms with Gasteiger partial charge >= 0.3 is 0 Å². The first-order valence-electron chi connectivity index (χ1n) is 14.2. The van der Waals surface area contributed by atoms with Gasteiger partial charge in [0.15, 0.2) is 5.65 Å². The molecule has 1 saturated heterocycles. The molecule has 3 heterocycles. The first-order valence-corrected chi connectivity index (χ1v) is 14.2. The molecule has 0 radical (unpaired) electrons. The van der Waals surface area contributed by atoms with Crippen molar-refractivity contribution in [3.63, 3.8) is 0 Å². The van der Waals surface area contributed by atoms with E-state index in [2.05, 4.69) is 58.0 Å². The summed E-state index contributed by atoms with van der Waals surface area (Å²) in [6.07, 6.45) is 9.14. The van der Waals surface area contributed by atoms with Gasteiger partial charge in [0, 0.05) is 50.5 Å². The van der Waals surface area contributed by atoms with Crippen molar-refractivity contribution in [2.75, 3.05) is 38.5 Å². The molecule has 8 nitrogen and oxygen atoms in total. The van der Waals surface area contributed by atoms with Gasteiger partial charge in [-0.05, 0) is 64.0 Å². The van der Waals surface area contributed by atoms with E-state index in [1.807, 2.05) is 6.20 Å². The van der Waals surface area contributed by atoms with Crippen molar-refractivity contribution in [1.82, 2.24) is 29.5 Å². The van der Waals surface area contributed by atoms with E-state index in [1.54, 1.807) is 0 Å². The number of hydrogen-bond acceptors (Lipinski definition) is 7. The quantitative estimate of drug-likeness (QED) is 0.497. The summed E-state index contributed by atoms with van der Waals surface area (Å²) < 4.78 is 2.12. The van der Waals surface area contributed by atoms with Crippen LogP contribution in [0.2, 0.25) is 0 Å². The second-order valence-corrected chi connectivity index (χ2v) is 11.6. The van der Waals surface area contributed by atoms with Crippen LogP contribution < -0.4 is 5.32 Å². The smallest absolute Gasteiger partial charge is 0.224 e. The first kappa shape index (κ1) is 24.8. The van der Waals surface area contributed by atoms with Crippen LogP contribution in [0, 0.1) is 5.92 Å². The van der Waals surface area contributed by atoms with Crippen LogP contribution in [0.5, 0.6) is 0 Å². The highest BCUT2D eigenvalue weighted by molar-refractivity contribution is 5.91. The van der Waals surface area contributed by atoms with Crippen LogP contribution >= 0.6 is 0 Å². The Hall–Kier alpha value is -2.55. The minimum absolute atomic E-state index is 0.194. The SMILES string of the molecule is C[C@H](Nc1ncc2c(-c3ccc(CN4CCN(C)CC4)cc3)nn(C3CCC(O)CC3)c2n1)C1CCC1. The van der Waals surface area contributed by atoms with E-state index < -0.39 is 0 Å². The van der Waals surface area contributed by atoms with Crippen LogP contribution in [0.3, 0.4) is 0 Å². The fraction of sp³-hybridized carbons (Fsp3) is 0.621. The average Bonchev–Trinajstić information content (AvgIpc) is 3.24. The van der Waals surface area contributed by atoms with Gasteiger partial charge in [-0.3, -0.25) is 4.90 Å². The van der Waals surface area contributed by atoms with Crippen molar-refractivity contribution in [2.24, 2.45) is 5.92 Å². The summed E-state index contributed by atoms with van der Waals surface area (Å²) in [7, 11) is 2.20. The summed E-state index contributed by atoms with van der Waals surface area (Å²) in [5.74, 6) is 1.40. The molecule has 1 aromatic carbocycles. The molecule has 2 aromatic heterocycles.